The number of ketones is 1. The molecule has 0 saturated heterocycles. The highest BCUT2D eigenvalue weighted by Gasteiger charge is 2.04. The van der Waals surface area contributed by atoms with Gasteiger partial charge in [-0.25, -0.2) is 0 Å². The quantitative estimate of drug-likeness (QED) is 0.740. The number of carbonyl (C=O) groups is 1. The van der Waals surface area contributed by atoms with Crippen molar-refractivity contribution < 1.29 is 4.79 Å². The maximum Gasteiger partial charge on any atom is 0.169 e. The minimum absolute atomic E-state index is 0.137. The fourth-order valence-electron chi connectivity index (χ4n) is 1.39. The average Bonchev–Trinajstić information content (AvgIpc) is 2.68. The number of thiophene rings is 1. The zero-order valence-electron chi connectivity index (χ0n) is 8.43. The standard InChI is InChI=1S/C12H11NOS/c1-9(14)12-6-11(8-15-12)5-10-3-2-4-13-7-10/h2-4,6-8H,5H2,1H3. The molecule has 0 spiro atoms. The first-order valence-corrected chi connectivity index (χ1v) is 5.61. The van der Waals surface area contributed by atoms with Gasteiger partial charge in [0.1, 0.15) is 0 Å². The van der Waals surface area contributed by atoms with Crippen molar-refractivity contribution in [2.45, 2.75) is 13.3 Å². The number of Topliss-reactive ketones (excluding diaryl/α,β-unsaturated/α-hetero) is 1. The monoisotopic (exact) mass is 217 g/mol. The highest BCUT2D eigenvalue weighted by Crippen LogP contribution is 2.17. The molecule has 0 radical (unpaired) electrons. The molecule has 0 saturated carbocycles. The Bertz CT molecular complexity index is 461. The molecule has 15 heavy (non-hydrogen) atoms. The number of hydrogen-bond acceptors (Lipinski definition) is 3. The van der Waals surface area contributed by atoms with Gasteiger partial charge in [-0.1, -0.05) is 6.07 Å². The number of pyridine rings is 1. The largest absolute Gasteiger partial charge is 0.294 e. The highest BCUT2D eigenvalue weighted by atomic mass is 32.1. The Morgan fingerprint density at radius 3 is 2.93 bits per heavy atom. The van der Waals surface area contributed by atoms with Crippen LogP contribution in [0, 0.1) is 0 Å². The van der Waals surface area contributed by atoms with Gasteiger partial charge in [-0.05, 0) is 42.0 Å². The van der Waals surface area contributed by atoms with E-state index in [1.165, 1.54) is 22.5 Å². The van der Waals surface area contributed by atoms with Gasteiger partial charge in [0, 0.05) is 12.4 Å². The summed E-state index contributed by atoms with van der Waals surface area (Å²) in [5.41, 5.74) is 2.35. The molecule has 76 valence electrons. The predicted octanol–water partition coefficient (Wildman–Crippen LogP) is 2.94. The molecule has 3 heteroatoms. The summed E-state index contributed by atoms with van der Waals surface area (Å²) in [6.07, 6.45) is 4.46. The van der Waals surface area contributed by atoms with Gasteiger partial charge in [-0.3, -0.25) is 9.78 Å². The van der Waals surface area contributed by atoms with Crippen molar-refractivity contribution in [2.24, 2.45) is 0 Å². The lowest BCUT2D eigenvalue weighted by Crippen LogP contribution is -1.88. The van der Waals surface area contributed by atoms with Gasteiger partial charge < -0.3 is 0 Å². The van der Waals surface area contributed by atoms with Gasteiger partial charge in [0.25, 0.3) is 0 Å². The molecule has 0 aliphatic carbocycles. The number of carbonyl (C=O) groups excluding carboxylic acids is 1. The molecule has 0 fully saturated rings. The zero-order valence-corrected chi connectivity index (χ0v) is 9.25. The molecule has 0 N–H and O–H groups in total. The summed E-state index contributed by atoms with van der Waals surface area (Å²) in [7, 11) is 0. The first kappa shape index (κ1) is 10.1. The first-order valence-electron chi connectivity index (χ1n) is 4.73. The summed E-state index contributed by atoms with van der Waals surface area (Å²) in [5.74, 6) is 0.137. The second-order valence-corrected chi connectivity index (χ2v) is 4.32. The minimum Gasteiger partial charge on any atom is -0.294 e. The molecular formula is C12H11NOS. The summed E-state index contributed by atoms with van der Waals surface area (Å²) in [4.78, 5) is 16.0. The Morgan fingerprint density at radius 1 is 1.47 bits per heavy atom. The molecule has 0 amide bonds. The second-order valence-electron chi connectivity index (χ2n) is 3.41. The number of nitrogens with zero attached hydrogens (tertiary/aromatic N) is 1. The van der Waals surface area contributed by atoms with E-state index in [4.69, 9.17) is 0 Å². The van der Waals surface area contributed by atoms with Crippen LogP contribution in [-0.2, 0) is 6.42 Å². The van der Waals surface area contributed by atoms with Crippen LogP contribution in [0.4, 0.5) is 0 Å². The Hall–Kier alpha value is -1.48. The smallest absolute Gasteiger partial charge is 0.169 e. The molecule has 0 aromatic carbocycles. The lowest BCUT2D eigenvalue weighted by atomic mass is 10.1. The van der Waals surface area contributed by atoms with Crippen LogP contribution in [0.15, 0.2) is 36.0 Å². The number of rotatable bonds is 3. The van der Waals surface area contributed by atoms with Crippen molar-refractivity contribution >= 4 is 17.1 Å². The minimum atomic E-state index is 0.137. The van der Waals surface area contributed by atoms with Crippen molar-refractivity contribution in [3.63, 3.8) is 0 Å². The molecular weight excluding hydrogens is 206 g/mol. The van der Waals surface area contributed by atoms with Crippen LogP contribution in [0.3, 0.4) is 0 Å². The summed E-state index contributed by atoms with van der Waals surface area (Å²) >= 11 is 1.51. The van der Waals surface area contributed by atoms with Crippen LogP contribution in [0.5, 0.6) is 0 Å². The highest BCUT2D eigenvalue weighted by molar-refractivity contribution is 7.12. The molecule has 2 heterocycles. The Balaban J connectivity index is 2.15. The van der Waals surface area contributed by atoms with E-state index in [0.717, 1.165) is 11.3 Å². The fraction of sp³-hybridized carbons (Fsp3) is 0.167. The Labute approximate surface area is 92.6 Å². The van der Waals surface area contributed by atoms with E-state index in [1.807, 2.05) is 29.8 Å². The van der Waals surface area contributed by atoms with E-state index in [0.29, 0.717) is 0 Å². The van der Waals surface area contributed by atoms with Crippen LogP contribution in [0.25, 0.3) is 0 Å². The van der Waals surface area contributed by atoms with Gasteiger partial charge >= 0.3 is 0 Å². The van der Waals surface area contributed by atoms with Gasteiger partial charge in [-0.15, -0.1) is 11.3 Å². The van der Waals surface area contributed by atoms with Crippen LogP contribution in [0.1, 0.15) is 27.7 Å². The second kappa shape index (κ2) is 4.36. The van der Waals surface area contributed by atoms with Gasteiger partial charge in [0.05, 0.1) is 4.88 Å². The third-order valence-electron chi connectivity index (χ3n) is 2.13. The third-order valence-corrected chi connectivity index (χ3v) is 3.21. The molecule has 0 aliphatic heterocycles. The molecule has 2 rings (SSSR count). The molecule has 2 aromatic heterocycles. The maximum atomic E-state index is 11.1. The van der Waals surface area contributed by atoms with Crippen molar-refractivity contribution in [2.75, 3.05) is 0 Å². The molecule has 0 aliphatic rings. The van der Waals surface area contributed by atoms with Gasteiger partial charge in [0.15, 0.2) is 5.78 Å². The first-order chi connectivity index (χ1) is 7.25. The lowest BCUT2D eigenvalue weighted by Gasteiger charge is -1.96. The SMILES string of the molecule is CC(=O)c1cc(Cc2cccnc2)cs1. The number of hydrogen-bond donors (Lipinski definition) is 0. The fourth-order valence-corrected chi connectivity index (χ4v) is 2.21. The van der Waals surface area contributed by atoms with Crippen LogP contribution in [0.2, 0.25) is 0 Å². The summed E-state index contributed by atoms with van der Waals surface area (Å²) in [5, 5.41) is 2.03. The van der Waals surface area contributed by atoms with Crippen molar-refractivity contribution in [3.05, 3.63) is 52.0 Å². The van der Waals surface area contributed by atoms with Gasteiger partial charge in [0.2, 0.25) is 0 Å². The molecule has 0 atom stereocenters. The molecule has 0 bridgehead atoms. The molecule has 2 nitrogen and oxygen atoms in total. The van der Waals surface area contributed by atoms with Gasteiger partial charge in [-0.2, -0.15) is 0 Å². The number of aromatic nitrogens is 1. The molecule has 0 unspecified atom stereocenters. The third kappa shape index (κ3) is 2.50. The predicted molar refractivity (Wildman–Crippen MR) is 61.4 cm³/mol. The van der Waals surface area contributed by atoms with Crippen molar-refractivity contribution in [3.8, 4) is 0 Å². The van der Waals surface area contributed by atoms with E-state index < -0.39 is 0 Å². The molecule has 2 aromatic rings. The van der Waals surface area contributed by atoms with E-state index in [2.05, 4.69) is 4.98 Å². The van der Waals surface area contributed by atoms with Crippen LogP contribution < -0.4 is 0 Å². The average molecular weight is 217 g/mol. The van der Waals surface area contributed by atoms with E-state index in [1.54, 1.807) is 13.1 Å². The normalized spacial score (nSPS) is 10.2. The Morgan fingerprint density at radius 2 is 2.33 bits per heavy atom. The summed E-state index contributed by atoms with van der Waals surface area (Å²) in [6.45, 7) is 1.60. The van der Waals surface area contributed by atoms with Crippen molar-refractivity contribution in [1.82, 2.24) is 4.98 Å². The summed E-state index contributed by atoms with van der Waals surface area (Å²) < 4.78 is 0. The van der Waals surface area contributed by atoms with Crippen LogP contribution in [-0.4, -0.2) is 10.8 Å². The lowest BCUT2D eigenvalue weighted by molar-refractivity contribution is 0.102. The van der Waals surface area contributed by atoms with Crippen LogP contribution >= 0.6 is 11.3 Å². The zero-order chi connectivity index (χ0) is 10.7. The topological polar surface area (TPSA) is 30.0 Å². The summed E-state index contributed by atoms with van der Waals surface area (Å²) in [6, 6.07) is 5.92. The van der Waals surface area contributed by atoms with E-state index in [9.17, 15) is 4.79 Å². The van der Waals surface area contributed by atoms with E-state index in [-0.39, 0.29) is 5.78 Å². The van der Waals surface area contributed by atoms with E-state index >= 15 is 0 Å². The maximum absolute atomic E-state index is 11.1. The Kier molecular flexibility index (Phi) is 2.92. The van der Waals surface area contributed by atoms with Crippen molar-refractivity contribution in [1.29, 1.82) is 0 Å².